The molecular weight excluding hydrogens is 300 g/mol. The molecule has 0 saturated heterocycles. The number of pyridine rings is 1. The van der Waals surface area contributed by atoms with Crippen LogP contribution in [0.3, 0.4) is 0 Å². The Hall–Kier alpha value is -3.21. The van der Waals surface area contributed by atoms with Crippen molar-refractivity contribution in [1.29, 1.82) is 0 Å². The molecule has 0 aliphatic carbocycles. The van der Waals surface area contributed by atoms with Crippen LogP contribution in [0.5, 0.6) is 11.5 Å². The Morgan fingerprint density at radius 1 is 0.917 bits per heavy atom. The highest BCUT2D eigenvalue weighted by Crippen LogP contribution is 2.29. The molecule has 118 valence electrons. The Bertz CT molecular complexity index is 985. The lowest BCUT2D eigenvalue weighted by Gasteiger charge is -2.10. The van der Waals surface area contributed by atoms with Gasteiger partial charge in [0.15, 0.2) is 5.75 Å². The highest BCUT2D eigenvalue weighted by atomic mass is 16.5. The average Bonchev–Trinajstić information content (AvgIpc) is 3.06. The molecule has 0 unspecified atom stereocenters. The Labute approximate surface area is 139 Å². The number of aryl methyl sites for hydroxylation is 2. The molecule has 3 heterocycles. The molecule has 0 bridgehead atoms. The third-order valence-electron chi connectivity index (χ3n) is 3.99. The first-order valence-electron chi connectivity index (χ1n) is 7.71. The van der Waals surface area contributed by atoms with E-state index in [2.05, 4.69) is 15.1 Å². The normalized spacial score (nSPS) is 10.9. The van der Waals surface area contributed by atoms with Crippen LogP contribution < -0.4 is 4.74 Å². The minimum atomic E-state index is 0.776. The number of benzene rings is 1. The first-order chi connectivity index (χ1) is 11.7. The van der Waals surface area contributed by atoms with Crippen molar-refractivity contribution in [3.8, 4) is 22.6 Å². The lowest BCUT2D eigenvalue weighted by molar-refractivity contribution is 0.485. The highest BCUT2D eigenvalue weighted by molar-refractivity contribution is 5.68. The van der Waals surface area contributed by atoms with Gasteiger partial charge in [-0.15, -0.1) is 0 Å². The number of hydrogen-bond acceptors (Lipinski definition) is 4. The standard InChI is InChI=1S/C19H16N4O/c1-13-19(14(2)21-12-20-13)15-5-7-16(8-6-15)24-18-4-3-11-23-17(18)9-10-22-23/h3-12H,1-2H3. The molecule has 0 radical (unpaired) electrons. The molecule has 0 saturated carbocycles. The fraction of sp³-hybridized carbons (Fsp3) is 0.105. The van der Waals surface area contributed by atoms with E-state index in [1.165, 1.54) is 0 Å². The summed E-state index contributed by atoms with van der Waals surface area (Å²) < 4.78 is 7.80. The number of nitrogens with zero attached hydrogens (tertiary/aromatic N) is 4. The Morgan fingerprint density at radius 2 is 1.67 bits per heavy atom. The fourth-order valence-electron chi connectivity index (χ4n) is 2.84. The SMILES string of the molecule is Cc1ncnc(C)c1-c1ccc(Oc2cccn3nccc23)cc1. The van der Waals surface area contributed by atoms with E-state index in [-0.39, 0.29) is 0 Å². The molecule has 4 aromatic rings. The smallest absolute Gasteiger partial charge is 0.153 e. The quantitative estimate of drug-likeness (QED) is 0.568. The van der Waals surface area contributed by atoms with Gasteiger partial charge >= 0.3 is 0 Å². The molecular formula is C19H16N4O. The summed E-state index contributed by atoms with van der Waals surface area (Å²) in [7, 11) is 0. The van der Waals surface area contributed by atoms with Crippen molar-refractivity contribution < 1.29 is 4.74 Å². The van der Waals surface area contributed by atoms with Crippen LogP contribution in [0.25, 0.3) is 16.6 Å². The van der Waals surface area contributed by atoms with Crippen LogP contribution in [0, 0.1) is 13.8 Å². The molecule has 0 N–H and O–H groups in total. The Balaban J connectivity index is 1.66. The van der Waals surface area contributed by atoms with Gasteiger partial charge in [-0.3, -0.25) is 0 Å². The number of aromatic nitrogens is 4. The summed E-state index contributed by atoms with van der Waals surface area (Å²) in [5.74, 6) is 1.55. The second kappa shape index (κ2) is 5.77. The monoisotopic (exact) mass is 316 g/mol. The van der Waals surface area contributed by atoms with Crippen molar-refractivity contribution in [3.63, 3.8) is 0 Å². The Morgan fingerprint density at radius 3 is 2.42 bits per heavy atom. The van der Waals surface area contributed by atoms with E-state index < -0.39 is 0 Å². The molecule has 0 spiro atoms. The summed E-state index contributed by atoms with van der Waals surface area (Å²) in [6.07, 6.45) is 5.25. The topological polar surface area (TPSA) is 52.3 Å². The van der Waals surface area contributed by atoms with Gasteiger partial charge in [-0.05, 0) is 49.7 Å². The summed E-state index contributed by atoms with van der Waals surface area (Å²) in [4.78, 5) is 8.57. The van der Waals surface area contributed by atoms with Crippen LogP contribution in [-0.4, -0.2) is 19.6 Å². The van der Waals surface area contributed by atoms with E-state index in [1.807, 2.05) is 62.5 Å². The zero-order valence-electron chi connectivity index (χ0n) is 13.5. The van der Waals surface area contributed by atoms with Crippen molar-refractivity contribution in [2.24, 2.45) is 0 Å². The lowest BCUT2D eigenvalue weighted by atomic mass is 10.0. The second-order valence-corrected chi connectivity index (χ2v) is 5.58. The highest BCUT2D eigenvalue weighted by Gasteiger charge is 2.09. The molecule has 0 aliphatic heterocycles. The van der Waals surface area contributed by atoms with E-state index in [9.17, 15) is 0 Å². The Kier molecular flexibility index (Phi) is 3.46. The molecule has 0 fully saturated rings. The van der Waals surface area contributed by atoms with Gasteiger partial charge in [-0.1, -0.05) is 12.1 Å². The van der Waals surface area contributed by atoms with E-state index >= 15 is 0 Å². The third kappa shape index (κ3) is 2.50. The fourth-order valence-corrected chi connectivity index (χ4v) is 2.84. The number of ether oxygens (including phenoxy) is 1. The van der Waals surface area contributed by atoms with E-state index in [1.54, 1.807) is 17.0 Å². The average molecular weight is 316 g/mol. The zero-order valence-corrected chi connectivity index (χ0v) is 13.5. The van der Waals surface area contributed by atoms with Gasteiger partial charge in [0.25, 0.3) is 0 Å². The van der Waals surface area contributed by atoms with Crippen molar-refractivity contribution in [1.82, 2.24) is 19.6 Å². The van der Waals surface area contributed by atoms with Crippen molar-refractivity contribution in [2.75, 3.05) is 0 Å². The predicted octanol–water partition coefficient (Wildman–Crippen LogP) is 4.20. The zero-order chi connectivity index (χ0) is 16.5. The maximum atomic E-state index is 6.01. The van der Waals surface area contributed by atoms with Crippen molar-refractivity contribution in [3.05, 3.63) is 72.6 Å². The molecule has 0 atom stereocenters. The first-order valence-corrected chi connectivity index (χ1v) is 7.71. The van der Waals surface area contributed by atoms with Crippen molar-refractivity contribution >= 4 is 5.52 Å². The van der Waals surface area contributed by atoms with Crippen LogP contribution in [0.15, 0.2) is 61.2 Å². The molecule has 4 rings (SSSR count). The molecule has 0 aliphatic rings. The molecule has 0 amide bonds. The second-order valence-electron chi connectivity index (χ2n) is 5.58. The van der Waals surface area contributed by atoms with Crippen LogP contribution in [-0.2, 0) is 0 Å². The lowest BCUT2D eigenvalue weighted by Crippen LogP contribution is -1.95. The molecule has 24 heavy (non-hydrogen) atoms. The molecule has 5 heteroatoms. The minimum Gasteiger partial charge on any atom is -0.455 e. The van der Waals surface area contributed by atoms with Gasteiger partial charge in [-0.2, -0.15) is 5.10 Å². The minimum absolute atomic E-state index is 0.776. The van der Waals surface area contributed by atoms with E-state index in [4.69, 9.17) is 4.74 Å². The molecule has 3 aromatic heterocycles. The molecule has 5 nitrogen and oxygen atoms in total. The van der Waals surface area contributed by atoms with Gasteiger partial charge in [0.05, 0.1) is 6.20 Å². The largest absolute Gasteiger partial charge is 0.455 e. The van der Waals surface area contributed by atoms with Crippen LogP contribution in [0.4, 0.5) is 0 Å². The van der Waals surface area contributed by atoms with Crippen LogP contribution in [0.1, 0.15) is 11.4 Å². The summed E-state index contributed by atoms with van der Waals surface area (Å²) in [5.41, 5.74) is 5.03. The summed E-state index contributed by atoms with van der Waals surface area (Å²) in [6.45, 7) is 3.99. The maximum absolute atomic E-state index is 6.01. The van der Waals surface area contributed by atoms with Crippen molar-refractivity contribution in [2.45, 2.75) is 13.8 Å². The van der Waals surface area contributed by atoms with Gasteiger partial charge in [-0.25, -0.2) is 14.5 Å². The van der Waals surface area contributed by atoms with Gasteiger partial charge in [0, 0.05) is 23.1 Å². The van der Waals surface area contributed by atoms with Gasteiger partial charge < -0.3 is 4.74 Å². The third-order valence-corrected chi connectivity index (χ3v) is 3.99. The first kappa shape index (κ1) is 14.4. The van der Waals surface area contributed by atoms with E-state index in [0.29, 0.717) is 0 Å². The van der Waals surface area contributed by atoms with E-state index in [0.717, 1.165) is 39.5 Å². The van der Waals surface area contributed by atoms with Gasteiger partial charge in [0.2, 0.25) is 0 Å². The number of hydrogen-bond donors (Lipinski definition) is 0. The summed E-state index contributed by atoms with van der Waals surface area (Å²) in [6, 6.07) is 13.8. The number of fused-ring (bicyclic) bond motifs is 1. The van der Waals surface area contributed by atoms with Gasteiger partial charge in [0.1, 0.15) is 17.6 Å². The summed E-state index contributed by atoms with van der Waals surface area (Å²) >= 11 is 0. The predicted molar refractivity (Wildman–Crippen MR) is 92.2 cm³/mol. The summed E-state index contributed by atoms with van der Waals surface area (Å²) in [5, 5.41) is 4.22. The van der Waals surface area contributed by atoms with Crippen LogP contribution >= 0.6 is 0 Å². The maximum Gasteiger partial charge on any atom is 0.153 e. The number of rotatable bonds is 3. The van der Waals surface area contributed by atoms with Crippen LogP contribution in [0.2, 0.25) is 0 Å². The molecule has 1 aromatic carbocycles.